The number of nitrogens with zero attached hydrogens (tertiary/aromatic N) is 2. The van der Waals surface area contributed by atoms with E-state index in [1.807, 2.05) is 11.0 Å². The lowest BCUT2D eigenvalue weighted by molar-refractivity contribution is 0.0964. The molecule has 0 aliphatic carbocycles. The Balaban J connectivity index is 1.87. The first-order valence-corrected chi connectivity index (χ1v) is 9.92. The monoisotopic (exact) mass is 429 g/mol. The van der Waals surface area contributed by atoms with E-state index in [1.165, 1.54) is 6.07 Å². The summed E-state index contributed by atoms with van der Waals surface area (Å²) in [5, 5.41) is 3.39. The van der Waals surface area contributed by atoms with E-state index < -0.39 is 0 Å². The SMILES string of the molecule is C=CCC1N(C(=O)c2cncc(Br)c2)c2ccc(F)cc2C12CCNCC2. The third-order valence-electron chi connectivity index (χ3n) is 5.76. The largest absolute Gasteiger partial charge is 0.317 e. The molecule has 1 saturated heterocycles. The maximum atomic E-state index is 14.2. The number of hydrogen-bond acceptors (Lipinski definition) is 3. The van der Waals surface area contributed by atoms with Crippen LogP contribution in [0.25, 0.3) is 0 Å². The molecule has 2 aromatic rings. The second kappa shape index (κ2) is 7.17. The van der Waals surface area contributed by atoms with Crippen molar-refractivity contribution in [3.05, 3.63) is 70.7 Å². The molecule has 27 heavy (non-hydrogen) atoms. The number of benzene rings is 1. The van der Waals surface area contributed by atoms with Gasteiger partial charge in [0.1, 0.15) is 5.82 Å². The van der Waals surface area contributed by atoms with Gasteiger partial charge in [0, 0.05) is 28.0 Å². The normalized spacial score (nSPS) is 20.5. The number of fused-ring (bicyclic) bond motifs is 2. The lowest BCUT2D eigenvalue weighted by Gasteiger charge is -2.41. The Morgan fingerprint density at radius 2 is 2.15 bits per heavy atom. The molecule has 1 fully saturated rings. The number of carbonyl (C=O) groups excluding carboxylic acids is 1. The summed E-state index contributed by atoms with van der Waals surface area (Å²) in [6.45, 7) is 5.62. The summed E-state index contributed by atoms with van der Waals surface area (Å²) < 4.78 is 14.9. The van der Waals surface area contributed by atoms with Gasteiger partial charge in [-0.1, -0.05) is 6.08 Å². The molecule has 0 saturated carbocycles. The van der Waals surface area contributed by atoms with Crippen LogP contribution >= 0.6 is 15.9 Å². The van der Waals surface area contributed by atoms with Gasteiger partial charge in [0.25, 0.3) is 5.91 Å². The number of halogens is 2. The number of piperidine rings is 1. The molecular weight excluding hydrogens is 409 g/mol. The predicted octanol–water partition coefficient (Wildman–Crippen LogP) is 4.21. The van der Waals surface area contributed by atoms with Gasteiger partial charge in [-0.15, -0.1) is 6.58 Å². The van der Waals surface area contributed by atoms with Gasteiger partial charge < -0.3 is 10.2 Å². The fourth-order valence-electron chi connectivity index (χ4n) is 4.59. The van der Waals surface area contributed by atoms with E-state index in [0.717, 1.165) is 41.7 Å². The van der Waals surface area contributed by atoms with Crippen LogP contribution in [-0.4, -0.2) is 30.0 Å². The molecule has 4 nitrogen and oxygen atoms in total. The summed E-state index contributed by atoms with van der Waals surface area (Å²) in [5.74, 6) is -0.374. The van der Waals surface area contributed by atoms with Crippen molar-refractivity contribution in [3.8, 4) is 0 Å². The van der Waals surface area contributed by atoms with Crippen LogP contribution in [0.15, 0.2) is 53.8 Å². The summed E-state index contributed by atoms with van der Waals surface area (Å²) in [4.78, 5) is 19.5. The number of aromatic nitrogens is 1. The van der Waals surface area contributed by atoms with Crippen LogP contribution < -0.4 is 10.2 Å². The highest BCUT2D eigenvalue weighted by Crippen LogP contribution is 2.52. The molecule has 2 aliphatic heterocycles. The molecule has 1 amide bonds. The van der Waals surface area contributed by atoms with Gasteiger partial charge in [-0.2, -0.15) is 0 Å². The van der Waals surface area contributed by atoms with Gasteiger partial charge in [0.2, 0.25) is 0 Å². The molecule has 3 heterocycles. The molecule has 0 radical (unpaired) electrons. The summed E-state index contributed by atoms with van der Waals surface area (Å²) in [6.07, 6.45) is 7.47. The van der Waals surface area contributed by atoms with Crippen LogP contribution in [0, 0.1) is 5.82 Å². The van der Waals surface area contributed by atoms with Crippen molar-refractivity contribution in [2.45, 2.75) is 30.7 Å². The summed E-state index contributed by atoms with van der Waals surface area (Å²) in [5.41, 5.74) is 1.99. The van der Waals surface area contributed by atoms with E-state index in [2.05, 4.69) is 32.8 Å². The molecule has 2 aliphatic rings. The van der Waals surface area contributed by atoms with Crippen LogP contribution in [0.5, 0.6) is 0 Å². The highest BCUT2D eigenvalue weighted by Gasteiger charge is 2.52. The minimum absolute atomic E-state index is 0.0830. The topological polar surface area (TPSA) is 45.2 Å². The maximum Gasteiger partial charge on any atom is 0.260 e. The Morgan fingerprint density at radius 1 is 1.37 bits per heavy atom. The molecule has 6 heteroatoms. The van der Waals surface area contributed by atoms with Crippen molar-refractivity contribution >= 4 is 27.5 Å². The third kappa shape index (κ3) is 3.01. The second-order valence-corrected chi connectivity index (χ2v) is 8.09. The number of rotatable bonds is 3. The fourth-order valence-corrected chi connectivity index (χ4v) is 4.96. The van der Waals surface area contributed by atoms with E-state index in [4.69, 9.17) is 0 Å². The quantitative estimate of drug-likeness (QED) is 0.743. The van der Waals surface area contributed by atoms with Gasteiger partial charge in [-0.05, 0) is 78.1 Å². The summed E-state index contributed by atoms with van der Waals surface area (Å²) in [6, 6.07) is 6.48. The smallest absolute Gasteiger partial charge is 0.260 e. The maximum absolute atomic E-state index is 14.2. The van der Waals surface area contributed by atoms with Gasteiger partial charge in [-0.3, -0.25) is 9.78 Å². The zero-order valence-corrected chi connectivity index (χ0v) is 16.5. The molecule has 0 bridgehead atoms. The lowest BCUT2D eigenvalue weighted by Crippen LogP contribution is -2.51. The van der Waals surface area contributed by atoms with Crippen molar-refractivity contribution in [2.24, 2.45) is 0 Å². The van der Waals surface area contributed by atoms with Crippen LogP contribution in [0.2, 0.25) is 0 Å². The number of anilines is 1. The van der Waals surface area contributed by atoms with Crippen molar-refractivity contribution < 1.29 is 9.18 Å². The summed E-state index contributed by atoms with van der Waals surface area (Å²) in [7, 11) is 0. The zero-order chi connectivity index (χ0) is 19.0. The molecule has 1 spiro atoms. The third-order valence-corrected chi connectivity index (χ3v) is 6.19. The number of hydrogen-bond donors (Lipinski definition) is 1. The van der Waals surface area contributed by atoms with Crippen LogP contribution in [0.1, 0.15) is 35.2 Å². The van der Waals surface area contributed by atoms with E-state index in [-0.39, 0.29) is 23.2 Å². The molecule has 4 rings (SSSR count). The Hall–Kier alpha value is -2.05. The van der Waals surface area contributed by atoms with Crippen LogP contribution in [-0.2, 0) is 5.41 Å². The van der Waals surface area contributed by atoms with E-state index in [1.54, 1.807) is 30.6 Å². The first kappa shape index (κ1) is 18.3. The van der Waals surface area contributed by atoms with Gasteiger partial charge >= 0.3 is 0 Å². The summed E-state index contributed by atoms with van der Waals surface area (Å²) >= 11 is 3.39. The minimum Gasteiger partial charge on any atom is -0.317 e. The number of pyridine rings is 1. The van der Waals surface area contributed by atoms with Crippen LogP contribution in [0.3, 0.4) is 0 Å². The van der Waals surface area contributed by atoms with Gasteiger partial charge in [-0.25, -0.2) is 4.39 Å². The minimum atomic E-state index is -0.262. The average molecular weight is 430 g/mol. The van der Waals surface area contributed by atoms with E-state index in [0.29, 0.717) is 12.0 Å². The Kier molecular flexibility index (Phi) is 4.86. The number of nitrogens with one attached hydrogen (secondary N) is 1. The Morgan fingerprint density at radius 3 is 2.85 bits per heavy atom. The van der Waals surface area contributed by atoms with Gasteiger partial charge in [0.05, 0.1) is 11.6 Å². The molecule has 140 valence electrons. The molecule has 1 N–H and O–H groups in total. The first-order valence-electron chi connectivity index (χ1n) is 9.12. The lowest BCUT2D eigenvalue weighted by atomic mass is 9.69. The Labute approximate surface area is 166 Å². The van der Waals surface area contributed by atoms with Crippen LogP contribution in [0.4, 0.5) is 10.1 Å². The molecule has 1 aromatic heterocycles. The van der Waals surface area contributed by atoms with Crippen molar-refractivity contribution in [1.29, 1.82) is 0 Å². The molecule has 1 atom stereocenters. The molecule has 1 aromatic carbocycles. The predicted molar refractivity (Wildman–Crippen MR) is 108 cm³/mol. The van der Waals surface area contributed by atoms with E-state index >= 15 is 0 Å². The van der Waals surface area contributed by atoms with Crippen molar-refractivity contribution in [2.75, 3.05) is 18.0 Å². The van der Waals surface area contributed by atoms with Gasteiger partial charge in [0.15, 0.2) is 0 Å². The number of carbonyl (C=O) groups is 1. The van der Waals surface area contributed by atoms with Crippen molar-refractivity contribution in [1.82, 2.24) is 10.3 Å². The highest BCUT2D eigenvalue weighted by molar-refractivity contribution is 9.10. The second-order valence-electron chi connectivity index (χ2n) is 7.17. The Bertz CT molecular complexity index is 895. The first-order chi connectivity index (χ1) is 13.1. The molecular formula is C21H21BrFN3O. The highest BCUT2D eigenvalue weighted by atomic mass is 79.9. The standard InChI is InChI=1S/C21H21BrFN3O/c1-2-3-19-21(6-8-24-9-7-21)17-11-16(23)4-5-18(17)26(19)20(27)14-10-15(22)13-25-12-14/h2,4-5,10-13,19,24H,1,3,6-9H2. The zero-order valence-electron chi connectivity index (χ0n) is 14.9. The van der Waals surface area contributed by atoms with Crippen molar-refractivity contribution in [3.63, 3.8) is 0 Å². The average Bonchev–Trinajstić information content (AvgIpc) is 2.91. The molecule has 1 unspecified atom stereocenters. The fraction of sp³-hybridized carbons (Fsp3) is 0.333. The van der Waals surface area contributed by atoms with E-state index in [9.17, 15) is 9.18 Å². The number of amides is 1.